The largest absolute Gasteiger partial charge is 0.339 e. The second-order valence-electron chi connectivity index (χ2n) is 6.56. The van der Waals surface area contributed by atoms with Crippen molar-refractivity contribution in [2.24, 2.45) is 5.92 Å². The maximum Gasteiger partial charge on any atom is 0.257 e. The molecule has 1 aliphatic heterocycles. The molecule has 1 fully saturated rings. The molecule has 0 bridgehead atoms. The Kier molecular flexibility index (Phi) is 7.94. The molecule has 2 heterocycles. The highest BCUT2D eigenvalue weighted by molar-refractivity contribution is 6.31. The van der Waals surface area contributed by atoms with Gasteiger partial charge in [-0.15, -0.1) is 12.4 Å². The molecule has 2 aromatic rings. The topological polar surface area (TPSA) is 50.2 Å². The number of rotatable bonds is 6. The second kappa shape index (κ2) is 9.95. The SMILES string of the molecule is CCNCC1CCN(C(=O)c2cnn(Cc3ccccc3Cl)c2)CC1.Cl. The number of amides is 1. The summed E-state index contributed by atoms with van der Waals surface area (Å²) in [5.74, 6) is 0.749. The molecule has 0 saturated carbocycles. The lowest BCUT2D eigenvalue weighted by Crippen LogP contribution is -2.40. The number of aromatic nitrogens is 2. The lowest BCUT2D eigenvalue weighted by Gasteiger charge is -2.31. The molecule has 0 aliphatic carbocycles. The van der Waals surface area contributed by atoms with Crippen molar-refractivity contribution in [2.75, 3.05) is 26.2 Å². The number of likely N-dealkylation sites (tertiary alicyclic amines) is 1. The minimum Gasteiger partial charge on any atom is -0.339 e. The summed E-state index contributed by atoms with van der Waals surface area (Å²) in [5.41, 5.74) is 1.65. The molecular formula is C19H26Cl2N4O. The zero-order chi connectivity index (χ0) is 17.6. The van der Waals surface area contributed by atoms with E-state index in [4.69, 9.17) is 11.6 Å². The Bertz CT molecular complexity index is 711. The molecule has 7 heteroatoms. The minimum atomic E-state index is 0. The zero-order valence-corrected chi connectivity index (χ0v) is 16.6. The number of carbonyl (C=O) groups excluding carboxylic acids is 1. The van der Waals surface area contributed by atoms with E-state index in [2.05, 4.69) is 17.3 Å². The molecule has 3 rings (SSSR count). The molecule has 26 heavy (non-hydrogen) atoms. The molecule has 1 N–H and O–H groups in total. The fourth-order valence-electron chi connectivity index (χ4n) is 3.23. The normalized spacial score (nSPS) is 14.9. The van der Waals surface area contributed by atoms with Gasteiger partial charge in [0.05, 0.1) is 18.3 Å². The van der Waals surface area contributed by atoms with E-state index in [9.17, 15) is 4.79 Å². The van der Waals surface area contributed by atoms with Crippen LogP contribution in [0.4, 0.5) is 0 Å². The van der Waals surface area contributed by atoms with Crippen LogP contribution in [0.5, 0.6) is 0 Å². The highest BCUT2D eigenvalue weighted by atomic mass is 35.5. The molecule has 1 amide bonds. The van der Waals surface area contributed by atoms with E-state index in [-0.39, 0.29) is 18.3 Å². The van der Waals surface area contributed by atoms with Gasteiger partial charge in [0.1, 0.15) is 0 Å². The van der Waals surface area contributed by atoms with Crippen molar-refractivity contribution >= 4 is 29.9 Å². The van der Waals surface area contributed by atoms with Gasteiger partial charge in [-0.3, -0.25) is 9.48 Å². The summed E-state index contributed by atoms with van der Waals surface area (Å²) in [6, 6.07) is 7.70. The third kappa shape index (κ3) is 5.22. The van der Waals surface area contributed by atoms with Gasteiger partial charge in [-0.25, -0.2) is 0 Å². The summed E-state index contributed by atoms with van der Waals surface area (Å²) in [6.07, 6.45) is 5.60. The van der Waals surface area contributed by atoms with Crippen molar-refractivity contribution in [1.82, 2.24) is 20.0 Å². The van der Waals surface area contributed by atoms with Crippen LogP contribution in [0.1, 0.15) is 35.7 Å². The molecule has 0 radical (unpaired) electrons. The Morgan fingerprint density at radius 3 is 2.73 bits per heavy atom. The third-order valence-electron chi connectivity index (χ3n) is 4.76. The molecule has 0 atom stereocenters. The van der Waals surface area contributed by atoms with E-state index in [0.717, 1.165) is 44.6 Å². The van der Waals surface area contributed by atoms with Gasteiger partial charge in [-0.2, -0.15) is 5.10 Å². The third-order valence-corrected chi connectivity index (χ3v) is 5.12. The maximum absolute atomic E-state index is 12.7. The van der Waals surface area contributed by atoms with Crippen molar-refractivity contribution in [2.45, 2.75) is 26.3 Å². The molecule has 0 spiro atoms. The molecular weight excluding hydrogens is 371 g/mol. The summed E-state index contributed by atoms with van der Waals surface area (Å²) < 4.78 is 1.77. The van der Waals surface area contributed by atoms with Crippen molar-refractivity contribution in [3.63, 3.8) is 0 Å². The molecule has 0 unspecified atom stereocenters. The van der Waals surface area contributed by atoms with E-state index in [1.54, 1.807) is 10.9 Å². The molecule has 1 aliphatic rings. The lowest BCUT2D eigenvalue weighted by atomic mass is 9.96. The molecule has 5 nitrogen and oxygen atoms in total. The van der Waals surface area contributed by atoms with Crippen molar-refractivity contribution < 1.29 is 4.79 Å². The van der Waals surface area contributed by atoms with Crippen LogP contribution in [-0.2, 0) is 6.54 Å². The quantitative estimate of drug-likeness (QED) is 0.812. The van der Waals surface area contributed by atoms with Gasteiger partial charge in [0.15, 0.2) is 0 Å². The standard InChI is InChI=1S/C19H25ClN4O.ClH/c1-2-21-11-15-7-9-23(10-8-15)19(25)17-12-22-24(14-17)13-16-5-3-4-6-18(16)20;/h3-6,12,14-15,21H,2,7-11,13H2,1H3;1H. The fraction of sp³-hybridized carbons (Fsp3) is 0.474. The van der Waals surface area contributed by atoms with Gasteiger partial charge in [-0.1, -0.05) is 36.7 Å². The van der Waals surface area contributed by atoms with E-state index >= 15 is 0 Å². The zero-order valence-electron chi connectivity index (χ0n) is 15.0. The van der Waals surface area contributed by atoms with Crippen molar-refractivity contribution in [3.05, 3.63) is 52.8 Å². The second-order valence-corrected chi connectivity index (χ2v) is 6.97. The molecule has 1 aromatic heterocycles. The number of nitrogens with zero attached hydrogens (tertiary/aromatic N) is 3. The van der Waals surface area contributed by atoms with Crippen LogP contribution in [0.25, 0.3) is 0 Å². The predicted molar refractivity (Wildman–Crippen MR) is 107 cm³/mol. The Morgan fingerprint density at radius 2 is 2.04 bits per heavy atom. The van der Waals surface area contributed by atoms with E-state index in [1.807, 2.05) is 35.4 Å². The average molecular weight is 397 g/mol. The smallest absolute Gasteiger partial charge is 0.257 e. The Balaban J connectivity index is 0.00000243. The Morgan fingerprint density at radius 1 is 1.31 bits per heavy atom. The highest BCUT2D eigenvalue weighted by Crippen LogP contribution is 2.19. The number of nitrogens with one attached hydrogen (secondary N) is 1. The van der Waals surface area contributed by atoms with Crippen molar-refractivity contribution in [3.8, 4) is 0 Å². The monoisotopic (exact) mass is 396 g/mol. The van der Waals surface area contributed by atoms with E-state index < -0.39 is 0 Å². The summed E-state index contributed by atoms with van der Waals surface area (Å²) in [6.45, 7) is 6.39. The molecule has 1 aromatic carbocycles. The highest BCUT2D eigenvalue weighted by Gasteiger charge is 2.24. The van der Waals surface area contributed by atoms with Gasteiger partial charge in [0, 0.05) is 24.3 Å². The minimum absolute atomic E-state index is 0. The van der Waals surface area contributed by atoms with Crippen LogP contribution in [0.3, 0.4) is 0 Å². The maximum atomic E-state index is 12.7. The van der Waals surface area contributed by atoms with Gasteiger partial charge < -0.3 is 10.2 Å². The number of hydrogen-bond donors (Lipinski definition) is 1. The Labute approximate surface area is 166 Å². The fourth-order valence-corrected chi connectivity index (χ4v) is 3.43. The first-order valence-electron chi connectivity index (χ1n) is 8.93. The van der Waals surface area contributed by atoms with Crippen LogP contribution in [0.2, 0.25) is 5.02 Å². The van der Waals surface area contributed by atoms with Crippen LogP contribution < -0.4 is 5.32 Å². The first-order valence-corrected chi connectivity index (χ1v) is 9.31. The van der Waals surface area contributed by atoms with Crippen LogP contribution in [-0.4, -0.2) is 46.8 Å². The average Bonchev–Trinajstić information content (AvgIpc) is 3.10. The van der Waals surface area contributed by atoms with Crippen LogP contribution >= 0.6 is 24.0 Å². The summed E-state index contributed by atoms with van der Waals surface area (Å²) in [4.78, 5) is 14.6. The first-order chi connectivity index (χ1) is 12.2. The summed E-state index contributed by atoms with van der Waals surface area (Å²) in [5, 5.41) is 8.44. The number of halogens is 2. The summed E-state index contributed by atoms with van der Waals surface area (Å²) in [7, 11) is 0. The van der Waals surface area contributed by atoms with E-state index in [1.165, 1.54) is 0 Å². The van der Waals surface area contributed by atoms with Gasteiger partial charge in [-0.05, 0) is 43.5 Å². The number of benzene rings is 1. The predicted octanol–water partition coefficient (Wildman–Crippen LogP) is 3.47. The molecule has 142 valence electrons. The summed E-state index contributed by atoms with van der Waals surface area (Å²) >= 11 is 6.19. The first kappa shape index (κ1) is 20.7. The van der Waals surface area contributed by atoms with Gasteiger partial charge in [0.25, 0.3) is 5.91 Å². The van der Waals surface area contributed by atoms with Crippen LogP contribution in [0.15, 0.2) is 36.7 Å². The van der Waals surface area contributed by atoms with Gasteiger partial charge >= 0.3 is 0 Å². The van der Waals surface area contributed by atoms with Crippen molar-refractivity contribution in [1.29, 1.82) is 0 Å². The number of hydrogen-bond acceptors (Lipinski definition) is 3. The van der Waals surface area contributed by atoms with E-state index in [0.29, 0.717) is 23.0 Å². The lowest BCUT2D eigenvalue weighted by molar-refractivity contribution is 0.0690. The van der Waals surface area contributed by atoms with Gasteiger partial charge in [0.2, 0.25) is 0 Å². The Hall–Kier alpha value is -1.56. The molecule has 1 saturated heterocycles. The van der Waals surface area contributed by atoms with Crippen LogP contribution in [0, 0.1) is 5.92 Å². The number of carbonyl (C=O) groups is 1. The number of piperidine rings is 1.